The Balaban J connectivity index is 2.82. The van der Waals surface area contributed by atoms with Gasteiger partial charge < -0.3 is 9.73 Å². The van der Waals surface area contributed by atoms with Crippen LogP contribution in [-0.2, 0) is 16.6 Å². The lowest BCUT2D eigenvalue weighted by Crippen LogP contribution is -2.38. The molecule has 1 N–H and O–H groups in total. The summed E-state index contributed by atoms with van der Waals surface area (Å²) < 4.78 is 32.0. The quantitative estimate of drug-likeness (QED) is 0.666. The lowest BCUT2D eigenvalue weighted by molar-refractivity contribution is 0.350. The number of nitrogens with one attached hydrogen (secondary N) is 1. The summed E-state index contributed by atoms with van der Waals surface area (Å²) in [6, 6.07) is 3.25. The van der Waals surface area contributed by atoms with Crippen molar-refractivity contribution in [3.05, 3.63) is 17.9 Å². The molecule has 0 saturated heterocycles. The molecule has 5 nitrogen and oxygen atoms in total. The van der Waals surface area contributed by atoms with Crippen molar-refractivity contribution in [1.29, 1.82) is 0 Å². The van der Waals surface area contributed by atoms with Gasteiger partial charge in [-0.15, -0.1) is 0 Å². The molecule has 122 valence electrons. The fourth-order valence-electron chi connectivity index (χ4n) is 1.99. The Morgan fingerprint density at radius 2 is 2.10 bits per heavy atom. The highest BCUT2D eigenvalue weighted by Gasteiger charge is 2.29. The molecule has 0 aliphatic heterocycles. The molecule has 0 amide bonds. The van der Waals surface area contributed by atoms with Gasteiger partial charge in [0.1, 0.15) is 5.76 Å². The van der Waals surface area contributed by atoms with Crippen LogP contribution >= 0.6 is 11.8 Å². The fraction of sp³-hybridized carbons (Fsp3) is 0.714. The van der Waals surface area contributed by atoms with E-state index in [2.05, 4.69) is 12.2 Å². The van der Waals surface area contributed by atoms with Gasteiger partial charge in [0.05, 0.1) is 6.54 Å². The molecule has 1 aromatic rings. The summed E-state index contributed by atoms with van der Waals surface area (Å²) in [5.74, 6) is 1.42. The standard InChI is InChI=1S/C14H26N2O3S2/c1-5-9-15-10-13-7-8-14(19-13)21(17,18)16(3)12(6-2)11-20-4/h7-8,12,15H,5-6,9-11H2,1-4H3. The Hall–Kier alpha value is -0.500. The molecule has 1 heterocycles. The van der Waals surface area contributed by atoms with E-state index in [9.17, 15) is 8.42 Å². The largest absolute Gasteiger partial charge is 0.447 e. The smallest absolute Gasteiger partial charge is 0.276 e. The average Bonchev–Trinajstić information content (AvgIpc) is 2.94. The second kappa shape index (κ2) is 8.82. The van der Waals surface area contributed by atoms with Crippen molar-refractivity contribution in [3.8, 4) is 0 Å². The lowest BCUT2D eigenvalue weighted by Gasteiger charge is -2.24. The van der Waals surface area contributed by atoms with Gasteiger partial charge in [-0.25, -0.2) is 8.42 Å². The van der Waals surface area contributed by atoms with Gasteiger partial charge in [0.2, 0.25) is 5.09 Å². The van der Waals surface area contributed by atoms with Crippen LogP contribution in [0.2, 0.25) is 0 Å². The highest BCUT2D eigenvalue weighted by molar-refractivity contribution is 7.98. The van der Waals surface area contributed by atoms with E-state index in [0.717, 1.165) is 25.1 Å². The van der Waals surface area contributed by atoms with Crippen LogP contribution in [-0.4, -0.2) is 44.4 Å². The topological polar surface area (TPSA) is 62.6 Å². The highest BCUT2D eigenvalue weighted by Crippen LogP contribution is 2.21. The van der Waals surface area contributed by atoms with Crippen molar-refractivity contribution in [1.82, 2.24) is 9.62 Å². The van der Waals surface area contributed by atoms with Gasteiger partial charge in [0.25, 0.3) is 10.0 Å². The van der Waals surface area contributed by atoms with E-state index in [4.69, 9.17) is 4.42 Å². The summed E-state index contributed by atoms with van der Waals surface area (Å²) in [5.41, 5.74) is 0. The summed E-state index contributed by atoms with van der Waals surface area (Å²) in [4.78, 5) is 0. The normalized spacial score (nSPS) is 13.8. The van der Waals surface area contributed by atoms with Crippen LogP contribution in [0.1, 0.15) is 32.4 Å². The Morgan fingerprint density at radius 1 is 1.38 bits per heavy atom. The van der Waals surface area contributed by atoms with Gasteiger partial charge in [0.15, 0.2) is 0 Å². The van der Waals surface area contributed by atoms with Gasteiger partial charge in [-0.1, -0.05) is 13.8 Å². The summed E-state index contributed by atoms with van der Waals surface area (Å²) in [5, 5.41) is 3.22. The second-order valence-electron chi connectivity index (χ2n) is 4.94. The Kier molecular flexibility index (Phi) is 7.79. The molecule has 0 aliphatic carbocycles. The maximum Gasteiger partial charge on any atom is 0.276 e. The predicted molar refractivity (Wildman–Crippen MR) is 88.1 cm³/mol. The molecule has 7 heteroatoms. The molecule has 0 fully saturated rings. The molecule has 0 bridgehead atoms. The maximum absolute atomic E-state index is 12.6. The van der Waals surface area contributed by atoms with E-state index in [1.165, 1.54) is 4.31 Å². The molecule has 1 rings (SSSR count). The number of hydrogen-bond acceptors (Lipinski definition) is 5. The van der Waals surface area contributed by atoms with Crippen LogP contribution in [0.5, 0.6) is 0 Å². The SMILES string of the molecule is CCCNCc1ccc(S(=O)(=O)N(C)C(CC)CSC)o1. The van der Waals surface area contributed by atoms with E-state index in [1.807, 2.05) is 13.2 Å². The first-order valence-corrected chi connectivity index (χ1v) is 10.1. The summed E-state index contributed by atoms with van der Waals surface area (Å²) in [7, 11) is -1.93. The Labute approximate surface area is 132 Å². The highest BCUT2D eigenvalue weighted by atomic mass is 32.2. The molecule has 0 spiro atoms. The van der Waals surface area contributed by atoms with Gasteiger partial charge in [-0.05, 0) is 37.8 Å². The summed E-state index contributed by atoms with van der Waals surface area (Å²) >= 11 is 1.65. The van der Waals surface area contributed by atoms with E-state index in [1.54, 1.807) is 30.9 Å². The third-order valence-electron chi connectivity index (χ3n) is 3.34. The second-order valence-corrected chi connectivity index (χ2v) is 7.78. The van der Waals surface area contributed by atoms with Gasteiger partial charge in [-0.3, -0.25) is 0 Å². The van der Waals surface area contributed by atoms with Gasteiger partial charge >= 0.3 is 0 Å². The summed E-state index contributed by atoms with van der Waals surface area (Å²) in [6.45, 7) is 5.51. The van der Waals surface area contributed by atoms with Crippen LogP contribution in [0.25, 0.3) is 0 Å². The zero-order valence-electron chi connectivity index (χ0n) is 13.3. The van der Waals surface area contributed by atoms with Crippen molar-refractivity contribution in [2.24, 2.45) is 0 Å². The first kappa shape index (κ1) is 18.5. The maximum atomic E-state index is 12.6. The molecule has 0 aliphatic rings. The molecular weight excluding hydrogens is 308 g/mol. The van der Waals surface area contributed by atoms with E-state index in [-0.39, 0.29) is 11.1 Å². The molecule has 0 aromatic carbocycles. The number of sulfonamides is 1. The van der Waals surface area contributed by atoms with Crippen molar-refractivity contribution in [3.63, 3.8) is 0 Å². The minimum absolute atomic E-state index is 0.0169. The lowest BCUT2D eigenvalue weighted by atomic mass is 10.3. The number of rotatable bonds is 10. The molecule has 21 heavy (non-hydrogen) atoms. The van der Waals surface area contributed by atoms with Crippen LogP contribution in [0.15, 0.2) is 21.6 Å². The number of thioether (sulfide) groups is 1. The van der Waals surface area contributed by atoms with E-state index in [0.29, 0.717) is 12.3 Å². The molecule has 1 atom stereocenters. The zero-order chi connectivity index (χ0) is 15.9. The monoisotopic (exact) mass is 334 g/mol. The first-order chi connectivity index (χ1) is 9.97. The van der Waals surface area contributed by atoms with Crippen LogP contribution in [0.4, 0.5) is 0 Å². The van der Waals surface area contributed by atoms with Crippen molar-refractivity contribution >= 4 is 21.8 Å². The minimum Gasteiger partial charge on any atom is -0.447 e. The Bertz CT molecular complexity index is 514. The molecular formula is C14H26N2O3S2. The third-order valence-corrected chi connectivity index (χ3v) is 5.84. The molecule has 0 radical (unpaired) electrons. The van der Waals surface area contributed by atoms with Crippen molar-refractivity contribution < 1.29 is 12.8 Å². The fourth-order valence-corrected chi connectivity index (χ4v) is 4.28. The zero-order valence-corrected chi connectivity index (χ0v) is 14.9. The third kappa shape index (κ3) is 5.02. The van der Waals surface area contributed by atoms with E-state index < -0.39 is 10.0 Å². The first-order valence-electron chi connectivity index (χ1n) is 7.23. The Morgan fingerprint density at radius 3 is 2.67 bits per heavy atom. The number of hydrogen-bond donors (Lipinski definition) is 1. The minimum atomic E-state index is -3.56. The predicted octanol–water partition coefficient (Wildman–Crippen LogP) is 2.54. The van der Waals surface area contributed by atoms with Crippen LogP contribution in [0, 0.1) is 0 Å². The van der Waals surface area contributed by atoms with Crippen molar-refractivity contribution in [2.45, 2.75) is 44.4 Å². The average molecular weight is 335 g/mol. The van der Waals surface area contributed by atoms with Crippen LogP contribution < -0.4 is 5.32 Å². The molecule has 1 aromatic heterocycles. The molecule has 0 saturated carbocycles. The van der Waals surface area contributed by atoms with Gasteiger partial charge in [0, 0.05) is 18.8 Å². The number of furan rings is 1. The molecule has 1 unspecified atom stereocenters. The summed E-state index contributed by atoms with van der Waals surface area (Å²) in [6.07, 6.45) is 3.79. The van der Waals surface area contributed by atoms with E-state index >= 15 is 0 Å². The van der Waals surface area contributed by atoms with Crippen molar-refractivity contribution in [2.75, 3.05) is 25.6 Å². The van der Waals surface area contributed by atoms with Gasteiger partial charge in [-0.2, -0.15) is 16.1 Å². The number of nitrogens with zero attached hydrogens (tertiary/aromatic N) is 1. The van der Waals surface area contributed by atoms with Crippen LogP contribution in [0.3, 0.4) is 0 Å².